The molecule has 0 aromatic heterocycles. The Morgan fingerprint density at radius 2 is 1.90 bits per heavy atom. The third kappa shape index (κ3) is 3.62. The molecule has 9 rings (SSSR count). The zero-order chi connectivity index (χ0) is 25.2. The molecule has 1 amide bonds. The maximum absolute atomic E-state index is 13.8. The van der Waals surface area contributed by atoms with E-state index in [-0.39, 0.29) is 71.5 Å². The van der Waals surface area contributed by atoms with Gasteiger partial charge in [-0.15, -0.1) is 36.4 Å². The second kappa shape index (κ2) is 9.53. The number of piperidine rings is 1. The van der Waals surface area contributed by atoms with Crippen LogP contribution in [-0.2, 0) is 16.6 Å². The van der Waals surface area contributed by atoms with Gasteiger partial charge < -0.3 is 19.8 Å². The van der Waals surface area contributed by atoms with Crippen molar-refractivity contribution in [3.63, 3.8) is 0 Å². The number of carbonyl (C=O) groups is 1. The fourth-order valence-corrected chi connectivity index (χ4v) is 10.1. The van der Waals surface area contributed by atoms with E-state index in [4.69, 9.17) is 16.3 Å². The predicted molar refractivity (Wildman–Crippen MR) is 154 cm³/mol. The minimum Gasteiger partial charge on any atom is -0.504 e. The highest BCUT2D eigenvalue weighted by molar-refractivity contribution is 6.18. The molecule has 2 spiro atoms. The highest BCUT2D eigenvalue weighted by Gasteiger charge is 2.74. The average molecular weight is 601 g/mol. The number of nitrogens with zero attached hydrogens (tertiary/aromatic N) is 3. The van der Waals surface area contributed by atoms with E-state index in [1.54, 1.807) is 0 Å². The lowest BCUT2D eigenvalue weighted by molar-refractivity contribution is -0.147. The van der Waals surface area contributed by atoms with E-state index in [1.807, 2.05) is 6.07 Å². The third-order valence-electron chi connectivity index (χ3n) is 11.6. The first-order chi connectivity index (χ1) is 17.9. The first-order valence-corrected chi connectivity index (χ1v) is 14.9. The van der Waals surface area contributed by atoms with Crippen LogP contribution in [0.2, 0.25) is 0 Å². The summed E-state index contributed by atoms with van der Waals surface area (Å²) in [5, 5.41) is 20.7. The van der Waals surface area contributed by atoms with Crippen molar-refractivity contribution in [3.05, 3.63) is 23.3 Å². The van der Waals surface area contributed by atoms with Crippen molar-refractivity contribution in [1.82, 2.24) is 14.7 Å². The molecule has 5 aliphatic heterocycles. The van der Waals surface area contributed by atoms with Crippen LogP contribution in [0, 0.1) is 16.7 Å². The van der Waals surface area contributed by atoms with Gasteiger partial charge in [-0.05, 0) is 69.0 Å². The van der Waals surface area contributed by atoms with E-state index in [0.29, 0.717) is 37.3 Å². The highest BCUT2D eigenvalue weighted by atomic mass is 35.5. The van der Waals surface area contributed by atoms with Crippen LogP contribution < -0.4 is 4.74 Å². The Kier molecular flexibility index (Phi) is 6.89. The van der Waals surface area contributed by atoms with Gasteiger partial charge in [-0.3, -0.25) is 14.6 Å². The van der Waals surface area contributed by atoms with E-state index in [9.17, 15) is 15.0 Å². The number of hydrogen-bond acceptors (Lipinski definition) is 6. The first-order valence-electron chi connectivity index (χ1n) is 14.4. The van der Waals surface area contributed by atoms with Crippen LogP contribution >= 0.6 is 36.4 Å². The second-order valence-corrected chi connectivity index (χ2v) is 13.7. The molecule has 1 aromatic rings. The number of aromatic hydroxyl groups is 1. The van der Waals surface area contributed by atoms with E-state index in [2.05, 4.69) is 20.8 Å². The Hall–Kier alpha value is -0.960. The largest absolute Gasteiger partial charge is 0.504 e. The molecular formula is C29H40Cl3N3O4. The fraction of sp³-hybridized carbons (Fsp3) is 0.759. The Labute approximate surface area is 248 Å². The smallest absolute Gasteiger partial charge is 0.237 e. The number of carbonyl (C=O) groups excluding carboxylic acids is 1. The number of likely N-dealkylation sites (tertiary alicyclic amines) is 2. The van der Waals surface area contributed by atoms with Gasteiger partial charge in [0.25, 0.3) is 0 Å². The van der Waals surface area contributed by atoms with Crippen molar-refractivity contribution in [2.75, 3.05) is 51.8 Å². The number of ether oxygens (including phenoxy) is 1. The lowest BCUT2D eigenvalue weighted by Crippen LogP contribution is -2.73. The number of benzene rings is 1. The Morgan fingerprint density at radius 1 is 1.10 bits per heavy atom. The molecule has 5 atom stereocenters. The number of halogens is 3. The molecule has 6 fully saturated rings. The van der Waals surface area contributed by atoms with Gasteiger partial charge in [0, 0.05) is 59.9 Å². The van der Waals surface area contributed by atoms with Gasteiger partial charge in [-0.25, -0.2) is 0 Å². The lowest BCUT2D eigenvalue weighted by Gasteiger charge is -2.66. The van der Waals surface area contributed by atoms with Crippen molar-refractivity contribution in [2.24, 2.45) is 16.7 Å². The lowest BCUT2D eigenvalue weighted by atomic mass is 9.42. The van der Waals surface area contributed by atoms with Crippen LogP contribution in [-0.4, -0.2) is 101 Å². The van der Waals surface area contributed by atoms with E-state index in [1.165, 1.54) is 30.5 Å². The number of phenolic OH excluding ortho intramolecular Hbond substituents is 1. The Bertz CT molecular complexity index is 1150. The summed E-state index contributed by atoms with van der Waals surface area (Å²) in [7, 11) is 0. The summed E-state index contributed by atoms with van der Waals surface area (Å²) < 4.78 is 6.81. The summed E-state index contributed by atoms with van der Waals surface area (Å²) in [4.78, 5) is 20.9. The Morgan fingerprint density at radius 3 is 2.62 bits per heavy atom. The molecular weight excluding hydrogens is 561 g/mol. The molecule has 0 radical (unpaired) electrons. The molecule has 3 aliphatic carbocycles. The number of aliphatic hydroxyl groups is 1. The van der Waals surface area contributed by atoms with Crippen LogP contribution in [0.3, 0.4) is 0 Å². The van der Waals surface area contributed by atoms with Crippen molar-refractivity contribution >= 4 is 42.3 Å². The predicted octanol–water partition coefficient (Wildman–Crippen LogP) is 3.19. The monoisotopic (exact) mass is 599 g/mol. The summed E-state index contributed by atoms with van der Waals surface area (Å²) in [6.45, 7) is 4.88. The van der Waals surface area contributed by atoms with Gasteiger partial charge in [0.15, 0.2) is 11.5 Å². The van der Waals surface area contributed by atoms with Gasteiger partial charge in [0.2, 0.25) is 5.91 Å². The van der Waals surface area contributed by atoms with Crippen LogP contribution in [0.5, 0.6) is 11.5 Å². The molecule has 5 heterocycles. The maximum atomic E-state index is 13.8. The molecule has 39 heavy (non-hydrogen) atoms. The molecule has 8 aliphatic rings. The van der Waals surface area contributed by atoms with Crippen LogP contribution in [0.25, 0.3) is 0 Å². The molecule has 4 saturated heterocycles. The number of alkyl halides is 1. The molecule has 1 aromatic carbocycles. The number of hydrogen-bond donors (Lipinski definition) is 2. The third-order valence-corrected chi connectivity index (χ3v) is 12.2. The first kappa shape index (κ1) is 28.2. The minimum atomic E-state index is -0.266. The number of aliphatic hydroxyl groups excluding tert-OH is 1. The molecule has 7 nitrogen and oxygen atoms in total. The van der Waals surface area contributed by atoms with Crippen molar-refractivity contribution in [3.8, 4) is 11.5 Å². The van der Waals surface area contributed by atoms with Gasteiger partial charge in [-0.1, -0.05) is 6.07 Å². The SMILES string of the molecule is Cl.Cl.O=C(CN1CC(CO)(CCl)C1)N1CC[C@@]23CC[C@@H]1[C@@H]1Oc4c(O)ccc5c4[C@@]12CCN(CC1CC1)[C@H]3C5. The minimum absolute atomic E-state index is 0. The summed E-state index contributed by atoms with van der Waals surface area (Å²) >= 11 is 6.11. The summed E-state index contributed by atoms with van der Waals surface area (Å²) in [5.74, 6) is 2.42. The Balaban J connectivity index is 0.00000138. The average Bonchev–Trinajstić information content (AvgIpc) is 3.67. The second-order valence-electron chi connectivity index (χ2n) is 13.4. The zero-order valence-corrected chi connectivity index (χ0v) is 24.7. The van der Waals surface area contributed by atoms with Crippen molar-refractivity contribution in [1.29, 1.82) is 0 Å². The van der Waals surface area contributed by atoms with E-state index >= 15 is 0 Å². The standard InChI is InChI=1S/C29H38ClN3O4.2ClH/c30-14-27(17-34)15-31(16-27)13-23(36)33-10-7-28-6-5-20(33)26-29(28)8-9-32(12-18-1-2-18)22(28)11-19-3-4-21(35)25(37-26)24(19)29;;/h3-4,18,20,22,26,34-35H,1-2,5-17H2;2*1H/t20-,22+,26+,28-,29+;;/m1../s1. The van der Waals surface area contributed by atoms with E-state index in [0.717, 1.165) is 51.1 Å². The molecule has 0 unspecified atom stereocenters. The molecule has 10 heteroatoms. The van der Waals surface area contributed by atoms with Crippen LogP contribution in [0.15, 0.2) is 12.1 Å². The summed E-state index contributed by atoms with van der Waals surface area (Å²) in [5.41, 5.74) is 2.36. The van der Waals surface area contributed by atoms with Crippen LogP contribution in [0.4, 0.5) is 0 Å². The quantitative estimate of drug-likeness (QED) is 0.489. The molecule has 4 bridgehead atoms. The van der Waals surface area contributed by atoms with Crippen molar-refractivity contribution in [2.45, 2.75) is 68.5 Å². The fourth-order valence-electron chi connectivity index (χ4n) is 9.82. The summed E-state index contributed by atoms with van der Waals surface area (Å²) in [6, 6.07) is 4.50. The van der Waals surface area contributed by atoms with Gasteiger partial charge in [-0.2, -0.15) is 0 Å². The topological polar surface area (TPSA) is 76.5 Å². The number of amides is 1. The molecule has 216 valence electrons. The normalized spacial score (nSPS) is 37.1. The van der Waals surface area contributed by atoms with Crippen LogP contribution in [0.1, 0.15) is 49.7 Å². The molecule has 2 saturated carbocycles. The van der Waals surface area contributed by atoms with Gasteiger partial charge in [0.05, 0.1) is 19.2 Å². The summed E-state index contributed by atoms with van der Waals surface area (Å²) in [6.07, 6.45) is 7.84. The van der Waals surface area contributed by atoms with Crippen molar-refractivity contribution < 1.29 is 19.7 Å². The zero-order valence-electron chi connectivity index (χ0n) is 22.3. The number of rotatable bonds is 6. The van der Waals surface area contributed by atoms with Gasteiger partial charge >= 0.3 is 0 Å². The number of phenols is 1. The molecule has 2 N–H and O–H groups in total. The van der Waals surface area contributed by atoms with E-state index < -0.39 is 0 Å². The highest BCUT2D eigenvalue weighted by Crippen LogP contribution is 2.71. The maximum Gasteiger partial charge on any atom is 0.237 e. The number of fused-ring (bicyclic) bond motifs is 3. The van der Waals surface area contributed by atoms with Gasteiger partial charge in [0.1, 0.15) is 6.10 Å².